The summed E-state index contributed by atoms with van der Waals surface area (Å²) in [5, 5.41) is 9.40. The minimum Gasteiger partial charge on any atom is -0.481 e. The second kappa shape index (κ2) is 5.04. The topological polar surface area (TPSA) is 37.3 Å². The zero-order chi connectivity index (χ0) is 13.2. The molecule has 1 aromatic rings. The van der Waals surface area contributed by atoms with E-state index >= 15 is 0 Å². The molecule has 0 radical (unpaired) electrons. The van der Waals surface area contributed by atoms with Gasteiger partial charge in [0.05, 0.1) is 5.41 Å². The minimum absolute atomic E-state index is 0.205. The normalized spacial score (nSPS) is 18.6. The van der Waals surface area contributed by atoms with E-state index in [1.807, 2.05) is 0 Å². The van der Waals surface area contributed by atoms with Gasteiger partial charge in [-0.2, -0.15) is 0 Å². The molecule has 2 rings (SSSR count). The van der Waals surface area contributed by atoms with Crippen molar-refractivity contribution in [2.75, 3.05) is 0 Å². The molecule has 2 nitrogen and oxygen atoms in total. The molecule has 98 valence electrons. The van der Waals surface area contributed by atoms with Gasteiger partial charge in [-0.25, -0.2) is 8.78 Å². The van der Waals surface area contributed by atoms with E-state index in [9.17, 15) is 18.7 Å². The Morgan fingerprint density at radius 3 is 2.17 bits per heavy atom. The quantitative estimate of drug-likeness (QED) is 0.895. The van der Waals surface area contributed by atoms with Crippen molar-refractivity contribution in [3.63, 3.8) is 0 Å². The summed E-state index contributed by atoms with van der Waals surface area (Å²) in [6.45, 7) is 0. The Morgan fingerprint density at radius 2 is 1.67 bits per heavy atom. The smallest absolute Gasteiger partial charge is 0.309 e. The molecule has 1 aliphatic rings. The third-order valence-corrected chi connectivity index (χ3v) is 3.73. The first-order valence-corrected chi connectivity index (χ1v) is 6.20. The molecule has 0 amide bonds. The molecule has 0 aromatic heterocycles. The lowest BCUT2D eigenvalue weighted by Crippen LogP contribution is -2.35. The van der Waals surface area contributed by atoms with Gasteiger partial charge in [-0.15, -0.1) is 0 Å². The van der Waals surface area contributed by atoms with Gasteiger partial charge in [-0.05, 0) is 37.0 Å². The van der Waals surface area contributed by atoms with Gasteiger partial charge in [0, 0.05) is 6.07 Å². The van der Waals surface area contributed by atoms with Crippen LogP contribution in [0.5, 0.6) is 0 Å². The first-order valence-electron chi connectivity index (χ1n) is 6.20. The van der Waals surface area contributed by atoms with Crippen LogP contribution in [0.1, 0.15) is 37.7 Å². The van der Waals surface area contributed by atoms with Crippen LogP contribution in [0.4, 0.5) is 8.78 Å². The summed E-state index contributed by atoms with van der Waals surface area (Å²) < 4.78 is 26.2. The van der Waals surface area contributed by atoms with Crippen molar-refractivity contribution < 1.29 is 18.7 Å². The van der Waals surface area contributed by atoms with Gasteiger partial charge in [0.2, 0.25) is 0 Å². The van der Waals surface area contributed by atoms with Crippen molar-refractivity contribution in [1.29, 1.82) is 0 Å². The van der Waals surface area contributed by atoms with E-state index in [2.05, 4.69) is 0 Å². The molecule has 0 heterocycles. The van der Waals surface area contributed by atoms with E-state index < -0.39 is 23.0 Å². The van der Waals surface area contributed by atoms with Crippen LogP contribution in [-0.4, -0.2) is 11.1 Å². The van der Waals surface area contributed by atoms with Crippen molar-refractivity contribution in [1.82, 2.24) is 0 Å². The lowest BCUT2D eigenvalue weighted by atomic mass is 9.70. The van der Waals surface area contributed by atoms with Crippen LogP contribution in [0, 0.1) is 17.0 Å². The van der Waals surface area contributed by atoms with Crippen LogP contribution in [0.3, 0.4) is 0 Å². The van der Waals surface area contributed by atoms with E-state index in [0.717, 1.165) is 25.3 Å². The van der Waals surface area contributed by atoms with Crippen LogP contribution in [0.25, 0.3) is 0 Å². The highest BCUT2D eigenvalue weighted by Gasteiger charge is 2.39. The molecule has 18 heavy (non-hydrogen) atoms. The van der Waals surface area contributed by atoms with Gasteiger partial charge in [0.15, 0.2) is 0 Å². The monoisotopic (exact) mass is 254 g/mol. The summed E-state index contributed by atoms with van der Waals surface area (Å²) in [4.78, 5) is 11.5. The molecule has 4 heteroatoms. The summed E-state index contributed by atoms with van der Waals surface area (Å²) in [6.07, 6.45) is 4.14. The van der Waals surface area contributed by atoms with E-state index in [1.54, 1.807) is 0 Å². The zero-order valence-corrected chi connectivity index (χ0v) is 10.1. The molecule has 0 bridgehead atoms. The predicted molar refractivity (Wildman–Crippen MR) is 63.2 cm³/mol. The van der Waals surface area contributed by atoms with E-state index in [0.29, 0.717) is 18.4 Å². The van der Waals surface area contributed by atoms with Crippen molar-refractivity contribution in [3.8, 4) is 0 Å². The van der Waals surface area contributed by atoms with Gasteiger partial charge in [-0.3, -0.25) is 4.79 Å². The second-order valence-corrected chi connectivity index (χ2v) is 5.10. The van der Waals surface area contributed by atoms with Gasteiger partial charge in [0.1, 0.15) is 11.6 Å². The highest BCUT2D eigenvalue weighted by molar-refractivity contribution is 5.75. The maximum atomic E-state index is 13.1. The van der Waals surface area contributed by atoms with Crippen LogP contribution < -0.4 is 0 Å². The number of carboxylic acid groups (broad SMARTS) is 1. The van der Waals surface area contributed by atoms with Gasteiger partial charge in [-0.1, -0.05) is 19.3 Å². The fraction of sp³-hybridized carbons (Fsp3) is 0.500. The molecule has 0 saturated heterocycles. The molecule has 1 saturated carbocycles. The highest BCUT2D eigenvalue weighted by Crippen LogP contribution is 2.39. The maximum Gasteiger partial charge on any atom is 0.309 e. The number of carbonyl (C=O) groups is 1. The largest absolute Gasteiger partial charge is 0.481 e. The molecule has 1 aliphatic carbocycles. The Balaban J connectivity index is 2.25. The standard InChI is InChI=1S/C14H16F2O2/c15-11-6-10(7-12(16)8-11)9-14(13(17)18)4-2-1-3-5-14/h6-8H,1-5,9H2,(H,17,18). The Morgan fingerprint density at radius 1 is 1.11 bits per heavy atom. The van der Waals surface area contributed by atoms with Gasteiger partial charge < -0.3 is 5.11 Å². The Labute approximate surface area is 105 Å². The van der Waals surface area contributed by atoms with Gasteiger partial charge >= 0.3 is 5.97 Å². The number of carboxylic acids is 1. The van der Waals surface area contributed by atoms with E-state index in [4.69, 9.17) is 0 Å². The summed E-state index contributed by atoms with van der Waals surface area (Å²) in [7, 11) is 0. The van der Waals surface area contributed by atoms with E-state index in [1.165, 1.54) is 12.1 Å². The summed E-state index contributed by atoms with van der Waals surface area (Å²) in [5.74, 6) is -2.16. The highest BCUT2D eigenvalue weighted by atomic mass is 19.1. The Hall–Kier alpha value is -1.45. The zero-order valence-electron chi connectivity index (χ0n) is 10.1. The lowest BCUT2D eigenvalue weighted by Gasteiger charge is -2.33. The second-order valence-electron chi connectivity index (χ2n) is 5.10. The van der Waals surface area contributed by atoms with E-state index in [-0.39, 0.29) is 6.42 Å². The number of rotatable bonds is 3. The van der Waals surface area contributed by atoms with Crippen LogP contribution in [0.15, 0.2) is 18.2 Å². The SMILES string of the molecule is O=C(O)C1(Cc2cc(F)cc(F)c2)CCCCC1. The van der Waals surface area contributed by atoms with Crippen molar-refractivity contribution in [2.45, 2.75) is 38.5 Å². The number of hydrogen-bond donors (Lipinski definition) is 1. The number of hydrogen-bond acceptors (Lipinski definition) is 1. The molecule has 1 fully saturated rings. The first kappa shape index (κ1) is 13.0. The van der Waals surface area contributed by atoms with Crippen molar-refractivity contribution >= 4 is 5.97 Å². The molecule has 0 aliphatic heterocycles. The molecule has 1 N–H and O–H groups in total. The number of halogens is 2. The number of aliphatic carboxylic acids is 1. The molecular weight excluding hydrogens is 238 g/mol. The fourth-order valence-corrected chi connectivity index (χ4v) is 2.80. The summed E-state index contributed by atoms with van der Waals surface area (Å²) in [5.41, 5.74) is -0.421. The Kier molecular flexibility index (Phi) is 3.64. The molecule has 0 atom stereocenters. The maximum absolute atomic E-state index is 13.1. The van der Waals surface area contributed by atoms with Crippen LogP contribution in [-0.2, 0) is 11.2 Å². The predicted octanol–water partition coefficient (Wildman–Crippen LogP) is 3.54. The lowest BCUT2D eigenvalue weighted by molar-refractivity contribution is -0.151. The van der Waals surface area contributed by atoms with Crippen LogP contribution >= 0.6 is 0 Å². The summed E-state index contributed by atoms with van der Waals surface area (Å²) in [6, 6.07) is 3.25. The third kappa shape index (κ3) is 2.68. The Bertz CT molecular complexity index is 431. The molecular formula is C14H16F2O2. The first-order chi connectivity index (χ1) is 8.52. The third-order valence-electron chi connectivity index (χ3n) is 3.73. The van der Waals surface area contributed by atoms with Crippen molar-refractivity contribution in [2.24, 2.45) is 5.41 Å². The molecule has 1 aromatic carbocycles. The summed E-state index contributed by atoms with van der Waals surface area (Å²) >= 11 is 0. The average molecular weight is 254 g/mol. The number of benzene rings is 1. The van der Waals surface area contributed by atoms with Gasteiger partial charge in [0.25, 0.3) is 0 Å². The minimum atomic E-state index is -0.855. The molecule has 0 spiro atoms. The van der Waals surface area contributed by atoms with Crippen molar-refractivity contribution in [3.05, 3.63) is 35.4 Å². The van der Waals surface area contributed by atoms with Crippen LogP contribution in [0.2, 0.25) is 0 Å². The average Bonchev–Trinajstić information content (AvgIpc) is 2.28. The molecule has 0 unspecified atom stereocenters. The fourth-order valence-electron chi connectivity index (χ4n) is 2.80.